The molecule has 0 aromatic heterocycles. The maximum Gasteiger partial charge on any atom is 0.133 e. The van der Waals surface area contributed by atoms with E-state index in [1.165, 1.54) is 33.4 Å². The van der Waals surface area contributed by atoms with Crippen molar-refractivity contribution in [2.24, 2.45) is 5.92 Å². The van der Waals surface area contributed by atoms with Gasteiger partial charge in [0.15, 0.2) is 0 Å². The molecule has 1 heteroatoms. The highest BCUT2D eigenvalue weighted by Crippen LogP contribution is 2.44. The molecular weight excluding hydrogens is 364 g/mol. The summed E-state index contributed by atoms with van der Waals surface area (Å²) in [7, 11) is 0. The van der Waals surface area contributed by atoms with E-state index in [1.807, 2.05) is 6.07 Å². The first-order valence-electron chi connectivity index (χ1n) is 10.7. The van der Waals surface area contributed by atoms with Gasteiger partial charge in [0.05, 0.1) is 0 Å². The minimum Gasteiger partial charge on any atom is -0.300 e. The van der Waals surface area contributed by atoms with Crippen LogP contribution in [0.1, 0.15) is 49.3 Å². The minimum absolute atomic E-state index is 0.0233. The van der Waals surface area contributed by atoms with Gasteiger partial charge in [-0.3, -0.25) is 4.79 Å². The van der Waals surface area contributed by atoms with Crippen LogP contribution in [0.3, 0.4) is 0 Å². The number of allylic oxidation sites excluding steroid dienone is 3. The fourth-order valence-electron chi connectivity index (χ4n) is 4.61. The predicted molar refractivity (Wildman–Crippen MR) is 125 cm³/mol. The van der Waals surface area contributed by atoms with Crippen molar-refractivity contribution in [3.8, 4) is 0 Å². The first-order chi connectivity index (χ1) is 14.6. The Morgan fingerprint density at radius 1 is 0.800 bits per heavy atom. The Hall–Kier alpha value is -3.19. The fraction of sp³-hybridized carbons (Fsp3) is 0.207. The molecule has 0 saturated carbocycles. The van der Waals surface area contributed by atoms with Crippen LogP contribution in [-0.4, -0.2) is 5.78 Å². The molecule has 0 unspecified atom stereocenters. The maximum atomic E-state index is 12.6. The number of ketones is 1. The lowest BCUT2D eigenvalue weighted by Crippen LogP contribution is -2.26. The van der Waals surface area contributed by atoms with Crippen molar-refractivity contribution in [3.05, 3.63) is 125 Å². The van der Waals surface area contributed by atoms with Gasteiger partial charge in [0, 0.05) is 11.8 Å². The summed E-state index contributed by atoms with van der Waals surface area (Å²) in [5.74, 6) is 0.401. The SMILES string of the molecule is CC(=O)[C@@H]1CCC(C)=C(C=C(c2ccccc2)c2ccccc2)[C@@H]1c1ccccc1. The Bertz CT molecular complexity index is 1020. The van der Waals surface area contributed by atoms with Crippen molar-refractivity contribution in [2.75, 3.05) is 0 Å². The third kappa shape index (κ3) is 4.21. The van der Waals surface area contributed by atoms with Crippen LogP contribution in [0, 0.1) is 5.92 Å². The summed E-state index contributed by atoms with van der Waals surface area (Å²) in [5.41, 5.74) is 7.49. The van der Waals surface area contributed by atoms with Crippen LogP contribution < -0.4 is 0 Å². The van der Waals surface area contributed by atoms with E-state index in [0.717, 1.165) is 12.8 Å². The molecule has 0 heterocycles. The normalized spacial score (nSPS) is 18.7. The Morgan fingerprint density at radius 3 is 1.80 bits per heavy atom. The third-order valence-corrected chi connectivity index (χ3v) is 6.21. The Labute approximate surface area is 179 Å². The second kappa shape index (κ2) is 9.09. The zero-order valence-corrected chi connectivity index (χ0v) is 17.7. The summed E-state index contributed by atoms with van der Waals surface area (Å²) in [6, 6.07) is 31.6. The van der Waals surface area contributed by atoms with Crippen molar-refractivity contribution < 1.29 is 4.79 Å². The topological polar surface area (TPSA) is 17.1 Å². The van der Waals surface area contributed by atoms with Gasteiger partial charge in [-0.1, -0.05) is 96.6 Å². The predicted octanol–water partition coefficient (Wildman–Crippen LogP) is 7.22. The van der Waals surface area contributed by atoms with E-state index < -0.39 is 0 Å². The van der Waals surface area contributed by atoms with Crippen LogP contribution in [0.25, 0.3) is 5.57 Å². The van der Waals surface area contributed by atoms with Crippen molar-refractivity contribution in [1.82, 2.24) is 0 Å². The molecule has 0 bridgehead atoms. The molecule has 3 aromatic rings. The summed E-state index contributed by atoms with van der Waals surface area (Å²) in [6.45, 7) is 3.98. The molecule has 0 radical (unpaired) electrons. The summed E-state index contributed by atoms with van der Waals surface area (Å²) >= 11 is 0. The van der Waals surface area contributed by atoms with E-state index in [0.29, 0.717) is 0 Å². The third-order valence-electron chi connectivity index (χ3n) is 6.21. The van der Waals surface area contributed by atoms with Crippen LogP contribution in [-0.2, 0) is 4.79 Å². The molecule has 3 aromatic carbocycles. The Kier molecular flexibility index (Phi) is 6.09. The number of carbonyl (C=O) groups is 1. The van der Waals surface area contributed by atoms with E-state index in [2.05, 4.69) is 97.9 Å². The van der Waals surface area contributed by atoms with Gasteiger partial charge < -0.3 is 0 Å². The molecule has 1 nitrogen and oxygen atoms in total. The van der Waals surface area contributed by atoms with Gasteiger partial charge in [0.2, 0.25) is 0 Å². The number of benzene rings is 3. The smallest absolute Gasteiger partial charge is 0.133 e. The highest BCUT2D eigenvalue weighted by Gasteiger charge is 2.33. The standard InChI is InChI=1S/C29H28O/c1-21-18-19-26(22(2)30)29(25-16-10-5-11-17-25)27(21)20-28(23-12-6-3-7-13-23)24-14-8-4-9-15-24/h3-17,20,26,29H,18-19H2,1-2H3/t26-,29+/m0/s1. The molecule has 30 heavy (non-hydrogen) atoms. The van der Waals surface area contributed by atoms with Gasteiger partial charge in [-0.25, -0.2) is 0 Å². The Morgan fingerprint density at radius 2 is 1.30 bits per heavy atom. The molecule has 1 aliphatic carbocycles. The molecule has 2 atom stereocenters. The highest BCUT2D eigenvalue weighted by atomic mass is 16.1. The molecule has 0 amide bonds. The lowest BCUT2D eigenvalue weighted by Gasteiger charge is -2.33. The van der Waals surface area contributed by atoms with Crippen LogP contribution in [0.2, 0.25) is 0 Å². The van der Waals surface area contributed by atoms with Crippen molar-refractivity contribution >= 4 is 11.4 Å². The molecular formula is C29H28O. The van der Waals surface area contributed by atoms with Crippen molar-refractivity contribution in [3.63, 3.8) is 0 Å². The molecule has 0 N–H and O–H groups in total. The number of carbonyl (C=O) groups excluding carboxylic acids is 1. The largest absolute Gasteiger partial charge is 0.300 e. The fourth-order valence-corrected chi connectivity index (χ4v) is 4.61. The quantitative estimate of drug-likeness (QED) is 0.448. The second-order valence-electron chi connectivity index (χ2n) is 8.17. The number of hydrogen-bond acceptors (Lipinski definition) is 1. The van der Waals surface area contributed by atoms with Gasteiger partial charge in [0.25, 0.3) is 0 Å². The first-order valence-corrected chi connectivity index (χ1v) is 10.7. The molecule has 0 saturated heterocycles. The number of rotatable bonds is 5. The van der Waals surface area contributed by atoms with Crippen LogP contribution in [0.4, 0.5) is 0 Å². The zero-order chi connectivity index (χ0) is 20.9. The van der Waals surface area contributed by atoms with Gasteiger partial charge in [-0.05, 0) is 60.6 Å². The molecule has 4 rings (SSSR count). The summed E-state index contributed by atoms with van der Waals surface area (Å²) in [5, 5.41) is 0. The average molecular weight is 393 g/mol. The highest BCUT2D eigenvalue weighted by molar-refractivity contribution is 5.84. The van der Waals surface area contributed by atoms with E-state index in [1.54, 1.807) is 6.92 Å². The Balaban J connectivity index is 1.91. The van der Waals surface area contributed by atoms with E-state index in [9.17, 15) is 4.79 Å². The van der Waals surface area contributed by atoms with Crippen LogP contribution in [0.5, 0.6) is 0 Å². The van der Waals surface area contributed by atoms with E-state index >= 15 is 0 Å². The summed E-state index contributed by atoms with van der Waals surface area (Å²) < 4.78 is 0. The second-order valence-corrected chi connectivity index (χ2v) is 8.17. The van der Waals surface area contributed by atoms with Gasteiger partial charge in [-0.2, -0.15) is 0 Å². The number of Topliss-reactive ketones (excluding diaryl/α,β-unsaturated/α-hetero) is 1. The van der Waals surface area contributed by atoms with Crippen molar-refractivity contribution in [2.45, 2.75) is 32.6 Å². The van der Waals surface area contributed by atoms with Gasteiger partial charge in [0.1, 0.15) is 5.78 Å². The van der Waals surface area contributed by atoms with Crippen molar-refractivity contribution in [1.29, 1.82) is 0 Å². The van der Waals surface area contributed by atoms with Crippen LogP contribution >= 0.6 is 0 Å². The van der Waals surface area contributed by atoms with Crippen LogP contribution in [0.15, 0.2) is 108 Å². The first kappa shape index (κ1) is 20.1. The molecule has 150 valence electrons. The lowest BCUT2D eigenvalue weighted by molar-refractivity contribution is -0.121. The molecule has 1 aliphatic rings. The summed E-state index contributed by atoms with van der Waals surface area (Å²) in [6.07, 6.45) is 4.23. The van der Waals surface area contributed by atoms with Gasteiger partial charge in [-0.15, -0.1) is 0 Å². The maximum absolute atomic E-state index is 12.6. The minimum atomic E-state index is 0.0233. The lowest BCUT2D eigenvalue weighted by atomic mass is 9.70. The average Bonchev–Trinajstić information content (AvgIpc) is 2.79. The van der Waals surface area contributed by atoms with E-state index in [-0.39, 0.29) is 17.6 Å². The zero-order valence-electron chi connectivity index (χ0n) is 17.7. The summed E-state index contributed by atoms with van der Waals surface area (Å²) in [4.78, 5) is 12.6. The molecule has 0 spiro atoms. The van der Waals surface area contributed by atoms with Gasteiger partial charge >= 0.3 is 0 Å². The van der Waals surface area contributed by atoms with E-state index in [4.69, 9.17) is 0 Å². The number of hydrogen-bond donors (Lipinski definition) is 0. The molecule has 0 aliphatic heterocycles. The molecule has 0 fully saturated rings. The monoisotopic (exact) mass is 392 g/mol.